The molecule has 0 amide bonds. The minimum atomic E-state index is 0.497. The van der Waals surface area contributed by atoms with Gasteiger partial charge in [0.05, 0.1) is 17.4 Å². The quantitative estimate of drug-likeness (QED) is 0.869. The first-order chi connectivity index (χ1) is 8.19. The van der Waals surface area contributed by atoms with Crippen LogP contribution in [0.15, 0.2) is 6.07 Å². The van der Waals surface area contributed by atoms with Crippen molar-refractivity contribution >= 4 is 0 Å². The molecule has 3 rings (SSSR count). The molecule has 1 N–H and O–H groups in total. The minimum Gasteiger partial charge on any atom is -0.311 e. The van der Waals surface area contributed by atoms with Crippen molar-refractivity contribution in [2.75, 3.05) is 7.05 Å². The maximum absolute atomic E-state index is 4.49. The molecule has 3 nitrogen and oxygen atoms in total. The van der Waals surface area contributed by atoms with Crippen LogP contribution in [0.3, 0.4) is 0 Å². The van der Waals surface area contributed by atoms with Gasteiger partial charge < -0.3 is 5.32 Å². The second-order valence-corrected chi connectivity index (χ2v) is 5.94. The Bertz CT molecular complexity index is 410. The summed E-state index contributed by atoms with van der Waals surface area (Å²) in [7, 11) is 4.17. The number of fused-ring (bicyclic) bond motifs is 2. The third-order valence-corrected chi connectivity index (χ3v) is 4.89. The lowest BCUT2D eigenvalue weighted by Crippen LogP contribution is -2.30. The van der Waals surface area contributed by atoms with Gasteiger partial charge >= 0.3 is 0 Å². The monoisotopic (exact) mass is 233 g/mol. The van der Waals surface area contributed by atoms with Crippen molar-refractivity contribution in [2.45, 2.75) is 38.6 Å². The van der Waals surface area contributed by atoms with Crippen LogP contribution in [0.4, 0.5) is 0 Å². The Labute approximate surface area is 104 Å². The van der Waals surface area contributed by atoms with E-state index in [9.17, 15) is 0 Å². The second-order valence-electron chi connectivity index (χ2n) is 5.94. The average Bonchev–Trinajstić information content (AvgIpc) is 2.96. The van der Waals surface area contributed by atoms with Crippen molar-refractivity contribution in [3.63, 3.8) is 0 Å². The van der Waals surface area contributed by atoms with Crippen molar-refractivity contribution in [1.82, 2.24) is 15.1 Å². The van der Waals surface area contributed by atoms with Gasteiger partial charge in [-0.3, -0.25) is 4.68 Å². The summed E-state index contributed by atoms with van der Waals surface area (Å²) >= 11 is 0. The van der Waals surface area contributed by atoms with Crippen LogP contribution in [-0.4, -0.2) is 16.8 Å². The highest BCUT2D eigenvalue weighted by atomic mass is 15.3. The Morgan fingerprint density at radius 3 is 2.71 bits per heavy atom. The van der Waals surface area contributed by atoms with Gasteiger partial charge in [0.25, 0.3) is 0 Å². The minimum absolute atomic E-state index is 0.497. The second kappa shape index (κ2) is 4.13. The first kappa shape index (κ1) is 11.3. The molecule has 4 unspecified atom stereocenters. The number of hydrogen-bond donors (Lipinski definition) is 1. The fourth-order valence-corrected chi connectivity index (χ4v) is 4.21. The van der Waals surface area contributed by atoms with E-state index in [2.05, 4.69) is 42.2 Å². The van der Waals surface area contributed by atoms with Crippen LogP contribution < -0.4 is 5.32 Å². The fraction of sp³-hybridized carbons (Fsp3) is 0.786. The standard InChI is InChI=1S/C14H23N3/c1-9-6-13(17(3)16-9)14(15-2)12-8-10-4-5-11(12)7-10/h6,10-12,14-15H,4-5,7-8H2,1-3H3. The maximum Gasteiger partial charge on any atom is 0.0597 e. The maximum atomic E-state index is 4.49. The SMILES string of the molecule is CNC(c1cc(C)nn1C)C1CC2CCC1C2. The first-order valence-corrected chi connectivity index (χ1v) is 6.87. The number of nitrogens with one attached hydrogen (secondary N) is 1. The van der Waals surface area contributed by atoms with E-state index >= 15 is 0 Å². The van der Waals surface area contributed by atoms with E-state index in [4.69, 9.17) is 0 Å². The average molecular weight is 233 g/mol. The zero-order valence-electron chi connectivity index (χ0n) is 11.1. The van der Waals surface area contributed by atoms with Crippen molar-refractivity contribution in [1.29, 1.82) is 0 Å². The largest absolute Gasteiger partial charge is 0.311 e. The first-order valence-electron chi connectivity index (χ1n) is 6.87. The molecule has 0 aliphatic heterocycles. The molecule has 2 aliphatic carbocycles. The molecule has 1 heterocycles. The summed E-state index contributed by atoms with van der Waals surface area (Å²) < 4.78 is 2.06. The lowest BCUT2D eigenvalue weighted by molar-refractivity contribution is 0.251. The molecule has 0 spiro atoms. The molecule has 1 aromatic heterocycles. The van der Waals surface area contributed by atoms with Crippen LogP contribution in [-0.2, 0) is 7.05 Å². The van der Waals surface area contributed by atoms with Crippen LogP contribution in [0.25, 0.3) is 0 Å². The molecule has 17 heavy (non-hydrogen) atoms. The van der Waals surface area contributed by atoms with E-state index < -0.39 is 0 Å². The number of aromatic nitrogens is 2. The van der Waals surface area contributed by atoms with Gasteiger partial charge in [-0.2, -0.15) is 5.10 Å². The molecule has 0 saturated heterocycles. The van der Waals surface area contributed by atoms with Crippen LogP contribution in [0.1, 0.15) is 43.1 Å². The lowest BCUT2D eigenvalue weighted by atomic mass is 9.82. The van der Waals surface area contributed by atoms with Gasteiger partial charge in [-0.1, -0.05) is 6.42 Å². The van der Waals surface area contributed by atoms with Gasteiger partial charge in [0.1, 0.15) is 0 Å². The van der Waals surface area contributed by atoms with Gasteiger partial charge in [0.15, 0.2) is 0 Å². The Hall–Kier alpha value is -0.830. The van der Waals surface area contributed by atoms with Crippen LogP contribution in [0, 0.1) is 24.7 Å². The van der Waals surface area contributed by atoms with E-state index in [-0.39, 0.29) is 0 Å². The van der Waals surface area contributed by atoms with Gasteiger partial charge in [-0.25, -0.2) is 0 Å². The molecular weight excluding hydrogens is 210 g/mol. The third-order valence-electron chi connectivity index (χ3n) is 4.89. The summed E-state index contributed by atoms with van der Waals surface area (Å²) in [5.74, 6) is 2.79. The van der Waals surface area contributed by atoms with Crippen molar-refractivity contribution < 1.29 is 0 Å². The topological polar surface area (TPSA) is 29.9 Å². The molecule has 2 bridgehead atoms. The Kier molecular flexibility index (Phi) is 2.74. The zero-order chi connectivity index (χ0) is 12.0. The molecule has 2 fully saturated rings. The van der Waals surface area contributed by atoms with Crippen LogP contribution in [0.5, 0.6) is 0 Å². The van der Waals surface area contributed by atoms with Gasteiger partial charge in [-0.05, 0) is 57.1 Å². The van der Waals surface area contributed by atoms with Crippen LogP contribution in [0.2, 0.25) is 0 Å². The number of nitrogens with zero attached hydrogens (tertiary/aromatic N) is 2. The predicted octanol–water partition coefficient (Wildman–Crippen LogP) is 2.43. The van der Waals surface area contributed by atoms with E-state index in [0.29, 0.717) is 6.04 Å². The smallest absolute Gasteiger partial charge is 0.0597 e. The predicted molar refractivity (Wildman–Crippen MR) is 68.7 cm³/mol. The molecule has 94 valence electrons. The number of aryl methyl sites for hydroxylation is 2. The summed E-state index contributed by atoms with van der Waals surface area (Å²) in [6.07, 6.45) is 5.81. The van der Waals surface area contributed by atoms with Gasteiger partial charge in [-0.15, -0.1) is 0 Å². The van der Waals surface area contributed by atoms with Gasteiger partial charge in [0, 0.05) is 7.05 Å². The van der Waals surface area contributed by atoms with Crippen molar-refractivity contribution in [3.8, 4) is 0 Å². The molecule has 1 aromatic rings. The highest BCUT2D eigenvalue weighted by molar-refractivity contribution is 5.15. The molecule has 2 saturated carbocycles. The fourth-order valence-electron chi connectivity index (χ4n) is 4.21. The third kappa shape index (κ3) is 1.81. The molecular formula is C14H23N3. The number of hydrogen-bond acceptors (Lipinski definition) is 2. The molecule has 3 heteroatoms. The summed E-state index contributed by atoms with van der Waals surface area (Å²) in [5.41, 5.74) is 2.49. The Morgan fingerprint density at radius 2 is 2.24 bits per heavy atom. The molecule has 0 aromatic carbocycles. The normalized spacial score (nSPS) is 33.2. The van der Waals surface area contributed by atoms with Crippen LogP contribution >= 0.6 is 0 Å². The zero-order valence-corrected chi connectivity index (χ0v) is 11.1. The molecule has 0 radical (unpaired) electrons. The molecule has 4 atom stereocenters. The van der Waals surface area contributed by atoms with E-state index in [1.54, 1.807) is 0 Å². The Morgan fingerprint density at radius 1 is 1.41 bits per heavy atom. The Balaban J connectivity index is 1.86. The summed E-state index contributed by atoms with van der Waals surface area (Å²) in [6, 6.07) is 2.74. The van der Waals surface area contributed by atoms with E-state index in [1.807, 2.05) is 0 Å². The highest BCUT2D eigenvalue weighted by Gasteiger charge is 2.43. The van der Waals surface area contributed by atoms with Gasteiger partial charge in [0.2, 0.25) is 0 Å². The van der Waals surface area contributed by atoms with E-state index in [0.717, 1.165) is 23.4 Å². The van der Waals surface area contributed by atoms with Crippen molar-refractivity contribution in [3.05, 3.63) is 17.5 Å². The lowest BCUT2D eigenvalue weighted by Gasteiger charge is -2.30. The highest BCUT2D eigenvalue weighted by Crippen LogP contribution is 2.52. The summed E-state index contributed by atoms with van der Waals surface area (Å²) in [5, 5.41) is 8.03. The van der Waals surface area contributed by atoms with E-state index in [1.165, 1.54) is 31.4 Å². The molecule has 2 aliphatic rings. The summed E-state index contributed by atoms with van der Waals surface area (Å²) in [6.45, 7) is 2.08. The van der Waals surface area contributed by atoms with Crippen molar-refractivity contribution in [2.24, 2.45) is 24.8 Å². The number of rotatable bonds is 3. The summed E-state index contributed by atoms with van der Waals surface area (Å²) in [4.78, 5) is 0.